The third-order valence-corrected chi connectivity index (χ3v) is 3.76. The lowest BCUT2D eigenvalue weighted by Crippen LogP contribution is -2.40. The minimum atomic E-state index is -0.950. The minimum absolute atomic E-state index is 0.131. The van der Waals surface area contributed by atoms with E-state index in [0.29, 0.717) is 13.0 Å². The summed E-state index contributed by atoms with van der Waals surface area (Å²) in [7, 11) is 0. The molecule has 2 atom stereocenters. The average Bonchev–Trinajstić information content (AvgIpc) is 2.88. The summed E-state index contributed by atoms with van der Waals surface area (Å²) in [5.74, 6) is -1.58. The zero-order valence-corrected chi connectivity index (χ0v) is 11.4. The van der Waals surface area contributed by atoms with Gasteiger partial charge in [0.05, 0.1) is 0 Å². The second-order valence-corrected chi connectivity index (χ2v) is 5.24. The van der Waals surface area contributed by atoms with Crippen molar-refractivity contribution in [1.82, 2.24) is 4.90 Å². The van der Waals surface area contributed by atoms with Gasteiger partial charge in [0, 0.05) is 13.0 Å². The van der Waals surface area contributed by atoms with Crippen molar-refractivity contribution in [3.8, 4) is 0 Å². The number of benzene rings is 1. The van der Waals surface area contributed by atoms with E-state index in [-0.39, 0.29) is 24.1 Å². The first-order valence-corrected chi connectivity index (χ1v) is 6.76. The van der Waals surface area contributed by atoms with Crippen LogP contribution in [-0.4, -0.2) is 34.5 Å². The van der Waals surface area contributed by atoms with Gasteiger partial charge in [0.15, 0.2) is 0 Å². The molecule has 1 amide bonds. The van der Waals surface area contributed by atoms with Gasteiger partial charge in [0.2, 0.25) is 5.91 Å². The first kappa shape index (κ1) is 14.5. The van der Waals surface area contributed by atoms with Crippen LogP contribution in [0.3, 0.4) is 0 Å². The van der Waals surface area contributed by atoms with Gasteiger partial charge in [-0.15, -0.1) is 0 Å². The number of carboxylic acids is 1. The van der Waals surface area contributed by atoms with E-state index in [4.69, 9.17) is 5.11 Å². The van der Waals surface area contributed by atoms with Crippen LogP contribution in [0.25, 0.3) is 0 Å². The number of hydrogen-bond acceptors (Lipinski definition) is 2. The van der Waals surface area contributed by atoms with Crippen LogP contribution in [0.2, 0.25) is 0 Å². The Hall–Kier alpha value is -1.91. The predicted octanol–water partition coefficient (Wildman–Crippen LogP) is 2.39. The van der Waals surface area contributed by atoms with Crippen molar-refractivity contribution in [3.05, 3.63) is 35.6 Å². The highest BCUT2D eigenvalue weighted by Gasteiger charge is 2.34. The number of carbonyl (C=O) groups is 2. The van der Waals surface area contributed by atoms with E-state index in [9.17, 15) is 14.0 Å². The standard InChI is InChI=1S/C15H18FNO3/c1-10(11-4-2-5-12(16)9-11)8-14(18)17-7-3-6-13(17)15(19)20/h2,4-5,9-10,13H,3,6-8H2,1H3,(H,19,20)/t10-,13-/m0/s1. The second-order valence-electron chi connectivity index (χ2n) is 5.24. The molecule has 1 saturated heterocycles. The fraction of sp³-hybridized carbons (Fsp3) is 0.467. The molecular formula is C15H18FNO3. The maximum atomic E-state index is 13.2. The summed E-state index contributed by atoms with van der Waals surface area (Å²) in [6.45, 7) is 2.34. The molecule has 2 rings (SSSR count). The highest BCUT2D eigenvalue weighted by Crippen LogP contribution is 2.24. The topological polar surface area (TPSA) is 57.6 Å². The minimum Gasteiger partial charge on any atom is -0.480 e. The van der Waals surface area contributed by atoms with Gasteiger partial charge in [0.25, 0.3) is 0 Å². The molecule has 20 heavy (non-hydrogen) atoms. The van der Waals surface area contributed by atoms with E-state index in [1.165, 1.54) is 17.0 Å². The summed E-state index contributed by atoms with van der Waals surface area (Å²) < 4.78 is 13.2. The van der Waals surface area contributed by atoms with Crippen LogP contribution in [0.1, 0.15) is 37.7 Å². The van der Waals surface area contributed by atoms with E-state index >= 15 is 0 Å². The molecule has 0 saturated carbocycles. The molecule has 1 N–H and O–H groups in total. The normalized spacial score (nSPS) is 19.9. The molecule has 1 aromatic carbocycles. The molecule has 4 nitrogen and oxygen atoms in total. The van der Waals surface area contributed by atoms with Crippen LogP contribution < -0.4 is 0 Å². The van der Waals surface area contributed by atoms with Gasteiger partial charge in [-0.3, -0.25) is 4.79 Å². The van der Waals surface area contributed by atoms with E-state index in [0.717, 1.165) is 12.0 Å². The highest BCUT2D eigenvalue weighted by molar-refractivity contribution is 5.84. The van der Waals surface area contributed by atoms with Gasteiger partial charge < -0.3 is 10.0 Å². The molecule has 108 valence electrons. The number of amides is 1. The maximum absolute atomic E-state index is 13.2. The second kappa shape index (κ2) is 6.03. The van der Waals surface area contributed by atoms with Crippen LogP contribution in [0.15, 0.2) is 24.3 Å². The zero-order chi connectivity index (χ0) is 14.7. The number of likely N-dealkylation sites (tertiary alicyclic amines) is 1. The van der Waals surface area contributed by atoms with Crippen molar-refractivity contribution in [2.24, 2.45) is 0 Å². The number of halogens is 1. The van der Waals surface area contributed by atoms with Gasteiger partial charge in [-0.25, -0.2) is 9.18 Å². The molecule has 5 heteroatoms. The van der Waals surface area contributed by atoms with Gasteiger partial charge in [-0.1, -0.05) is 19.1 Å². The zero-order valence-electron chi connectivity index (χ0n) is 11.4. The maximum Gasteiger partial charge on any atom is 0.326 e. The van der Waals surface area contributed by atoms with Crippen LogP contribution >= 0.6 is 0 Å². The van der Waals surface area contributed by atoms with Crippen molar-refractivity contribution in [2.75, 3.05) is 6.54 Å². The van der Waals surface area contributed by atoms with Gasteiger partial charge in [0.1, 0.15) is 11.9 Å². The molecule has 0 unspecified atom stereocenters. The number of nitrogens with zero attached hydrogens (tertiary/aromatic N) is 1. The highest BCUT2D eigenvalue weighted by atomic mass is 19.1. The number of aliphatic carboxylic acids is 1. The number of carboxylic acid groups (broad SMARTS) is 1. The summed E-state index contributed by atoms with van der Waals surface area (Å²) in [6.07, 6.45) is 1.43. The Morgan fingerprint density at radius 3 is 2.90 bits per heavy atom. The molecule has 1 aromatic rings. The van der Waals surface area contributed by atoms with Gasteiger partial charge in [-0.2, -0.15) is 0 Å². The molecule has 0 aromatic heterocycles. The fourth-order valence-corrected chi connectivity index (χ4v) is 2.63. The Morgan fingerprint density at radius 2 is 2.25 bits per heavy atom. The number of hydrogen-bond donors (Lipinski definition) is 1. The van der Waals surface area contributed by atoms with Crippen molar-refractivity contribution < 1.29 is 19.1 Å². The molecule has 1 aliphatic heterocycles. The van der Waals surface area contributed by atoms with Crippen molar-refractivity contribution >= 4 is 11.9 Å². The van der Waals surface area contributed by atoms with Crippen molar-refractivity contribution in [2.45, 2.75) is 38.1 Å². The van der Waals surface area contributed by atoms with E-state index < -0.39 is 12.0 Å². The van der Waals surface area contributed by atoms with Crippen molar-refractivity contribution in [3.63, 3.8) is 0 Å². The van der Waals surface area contributed by atoms with Crippen LogP contribution in [0.4, 0.5) is 4.39 Å². The van der Waals surface area contributed by atoms with Crippen molar-refractivity contribution in [1.29, 1.82) is 0 Å². The SMILES string of the molecule is C[C@@H](CC(=O)N1CCC[C@H]1C(=O)O)c1cccc(F)c1. The monoisotopic (exact) mass is 279 g/mol. The Morgan fingerprint density at radius 1 is 1.50 bits per heavy atom. The van der Waals surface area contributed by atoms with Gasteiger partial charge >= 0.3 is 5.97 Å². The number of carbonyl (C=O) groups excluding carboxylic acids is 1. The summed E-state index contributed by atoms with van der Waals surface area (Å²) in [6, 6.07) is 5.46. The average molecular weight is 279 g/mol. The number of rotatable bonds is 4. The quantitative estimate of drug-likeness (QED) is 0.920. The molecule has 1 aliphatic rings. The summed E-state index contributed by atoms with van der Waals surface area (Å²) >= 11 is 0. The predicted molar refractivity (Wildman–Crippen MR) is 71.8 cm³/mol. The molecule has 0 radical (unpaired) electrons. The fourth-order valence-electron chi connectivity index (χ4n) is 2.63. The Balaban J connectivity index is 2.02. The third kappa shape index (κ3) is 3.15. The largest absolute Gasteiger partial charge is 0.480 e. The lowest BCUT2D eigenvalue weighted by Gasteiger charge is -2.23. The van der Waals surface area contributed by atoms with Gasteiger partial charge in [-0.05, 0) is 36.5 Å². The van der Waals surface area contributed by atoms with Crippen LogP contribution in [-0.2, 0) is 9.59 Å². The first-order chi connectivity index (χ1) is 9.49. The third-order valence-electron chi connectivity index (χ3n) is 3.76. The summed E-state index contributed by atoms with van der Waals surface area (Å²) in [5, 5.41) is 9.08. The molecule has 1 fully saturated rings. The van der Waals surface area contributed by atoms with E-state index in [1.54, 1.807) is 12.1 Å². The van der Waals surface area contributed by atoms with Crippen LogP contribution in [0, 0.1) is 5.82 Å². The van der Waals surface area contributed by atoms with E-state index in [2.05, 4.69) is 0 Å². The van der Waals surface area contributed by atoms with Crippen LogP contribution in [0.5, 0.6) is 0 Å². The summed E-state index contributed by atoms with van der Waals surface area (Å²) in [5.41, 5.74) is 0.754. The Kier molecular flexibility index (Phi) is 4.37. The smallest absolute Gasteiger partial charge is 0.326 e. The summed E-state index contributed by atoms with van der Waals surface area (Å²) in [4.78, 5) is 24.7. The Labute approximate surface area is 117 Å². The lowest BCUT2D eigenvalue weighted by molar-refractivity contribution is -0.148. The molecule has 1 heterocycles. The molecule has 0 spiro atoms. The lowest BCUT2D eigenvalue weighted by atomic mass is 9.97. The molecule has 0 aliphatic carbocycles. The molecular weight excluding hydrogens is 261 g/mol. The molecule has 0 bridgehead atoms. The first-order valence-electron chi connectivity index (χ1n) is 6.76. The van der Waals surface area contributed by atoms with E-state index in [1.807, 2.05) is 6.92 Å². The Bertz CT molecular complexity index is 518.